The Labute approximate surface area is 174 Å². The third-order valence-corrected chi connectivity index (χ3v) is 5.92. The molecule has 4 rings (SSSR count). The monoisotopic (exact) mass is 394 g/mol. The zero-order chi connectivity index (χ0) is 20.4. The van der Waals surface area contributed by atoms with E-state index in [1.54, 1.807) is 0 Å². The lowest BCUT2D eigenvalue weighted by Gasteiger charge is -2.26. The van der Waals surface area contributed by atoms with Crippen molar-refractivity contribution in [3.63, 3.8) is 0 Å². The lowest BCUT2D eigenvalue weighted by molar-refractivity contribution is 0.0932. The number of rotatable bonds is 6. The molecule has 1 saturated carbocycles. The summed E-state index contributed by atoms with van der Waals surface area (Å²) in [5.41, 5.74) is 4.00. The van der Waals surface area contributed by atoms with E-state index in [1.807, 2.05) is 10.7 Å². The average Bonchev–Trinajstić information content (AvgIpc) is 3.45. The number of likely N-dealkylation sites (tertiary alicyclic amines) is 1. The normalized spacial score (nSPS) is 18.0. The molecule has 0 spiro atoms. The summed E-state index contributed by atoms with van der Waals surface area (Å²) in [6.07, 6.45) is 6.37. The molecule has 1 aliphatic carbocycles. The number of piperidine rings is 1. The summed E-state index contributed by atoms with van der Waals surface area (Å²) in [4.78, 5) is 15.4. The molecule has 156 valence electrons. The Hall–Kier alpha value is -2.14. The van der Waals surface area contributed by atoms with Gasteiger partial charge in [0.1, 0.15) is 5.69 Å². The molecule has 1 amide bonds. The van der Waals surface area contributed by atoms with Crippen LogP contribution >= 0.6 is 0 Å². The molecule has 1 aliphatic heterocycles. The van der Waals surface area contributed by atoms with Crippen molar-refractivity contribution in [3.05, 3.63) is 52.8 Å². The van der Waals surface area contributed by atoms with Gasteiger partial charge in [0.2, 0.25) is 0 Å². The molecular weight excluding hydrogens is 360 g/mol. The number of nitrogens with one attached hydrogen (secondary N) is 1. The fourth-order valence-electron chi connectivity index (χ4n) is 4.06. The standard InChI is InChI=1S/C24H34N4O/c1-24(2,3)28-22(15-21(26-28)20-11-12-20)23(29)25-16-18-7-9-19(10-8-18)17-27-13-5-4-6-14-27/h7-10,15,20H,4-6,11-14,16-17H2,1-3H3,(H,25,29). The van der Waals surface area contributed by atoms with E-state index in [0.717, 1.165) is 17.8 Å². The van der Waals surface area contributed by atoms with Gasteiger partial charge in [-0.05, 0) is 76.7 Å². The third-order valence-electron chi connectivity index (χ3n) is 5.92. The smallest absolute Gasteiger partial charge is 0.269 e. The van der Waals surface area contributed by atoms with Crippen LogP contribution in [0.1, 0.15) is 86.1 Å². The van der Waals surface area contributed by atoms with Gasteiger partial charge in [-0.2, -0.15) is 5.10 Å². The van der Waals surface area contributed by atoms with Gasteiger partial charge >= 0.3 is 0 Å². The number of amides is 1. The molecular formula is C24H34N4O. The first-order valence-corrected chi connectivity index (χ1v) is 11.1. The highest BCUT2D eigenvalue weighted by Gasteiger charge is 2.31. The van der Waals surface area contributed by atoms with Gasteiger partial charge in [-0.25, -0.2) is 0 Å². The fourth-order valence-corrected chi connectivity index (χ4v) is 4.06. The SMILES string of the molecule is CC(C)(C)n1nc(C2CC2)cc1C(=O)NCc1ccc(CN2CCCCC2)cc1. The van der Waals surface area contributed by atoms with Crippen molar-refractivity contribution >= 4 is 5.91 Å². The summed E-state index contributed by atoms with van der Waals surface area (Å²) in [5, 5.41) is 7.83. The zero-order valence-corrected chi connectivity index (χ0v) is 18.1. The Morgan fingerprint density at radius 3 is 2.34 bits per heavy atom. The van der Waals surface area contributed by atoms with Crippen molar-refractivity contribution in [2.75, 3.05) is 13.1 Å². The summed E-state index contributed by atoms with van der Waals surface area (Å²) < 4.78 is 1.89. The van der Waals surface area contributed by atoms with Gasteiger partial charge < -0.3 is 5.32 Å². The van der Waals surface area contributed by atoms with Crippen LogP contribution in [0.2, 0.25) is 0 Å². The second-order valence-electron chi connectivity index (χ2n) is 9.65. The largest absolute Gasteiger partial charge is 0.347 e. The Morgan fingerprint density at radius 2 is 1.72 bits per heavy atom. The highest BCUT2D eigenvalue weighted by atomic mass is 16.2. The average molecular weight is 395 g/mol. The van der Waals surface area contributed by atoms with E-state index < -0.39 is 0 Å². The van der Waals surface area contributed by atoms with E-state index >= 15 is 0 Å². The molecule has 2 fully saturated rings. The molecule has 2 aromatic rings. The first kappa shape index (κ1) is 20.1. The predicted molar refractivity (Wildman–Crippen MR) is 116 cm³/mol. The van der Waals surface area contributed by atoms with Gasteiger partial charge in [0.05, 0.1) is 11.2 Å². The highest BCUT2D eigenvalue weighted by Crippen LogP contribution is 2.40. The topological polar surface area (TPSA) is 50.2 Å². The Balaban J connectivity index is 1.37. The van der Waals surface area contributed by atoms with Crippen LogP contribution in [-0.4, -0.2) is 33.7 Å². The number of aromatic nitrogens is 2. The maximum atomic E-state index is 12.9. The summed E-state index contributed by atoms with van der Waals surface area (Å²) in [7, 11) is 0. The second kappa shape index (κ2) is 8.31. The molecule has 1 aromatic heterocycles. The second-order valence-corrected chi connectivity index (χ2v) is 9.65. The first-order chi connectivity index (χ1) is 13.9. The lowest BCUT2D eigenvalue weighted by Crippen LogP contribution is -2.32. The summed E-state index contributed by atoms with van der Waals surface area (Å²) in [6, 6.07) is 10.6. The van der Waals surface area contributed by atoms with Crippen molar-refractivity contribution < 1.29 is 4.79 Å². The van der Waals surface area contributed by atoms with Crippen LogP contribution in [0, 0.1) is 0 Å². The summed E-state index contributed by atoms with van der Waals surface area (Å²) >= 11 is 0. The fraction of sp³-hybridized carbons (Fsp3) is 0.583. The third kappa shape index (κ3) is 5.08. The van der Waals surface area contributed by atoms with Crippen LogP contribution in [0.25, 0.3) is 0 Å². The molecule has 5 heteroatoms. The van der Waals surface area contributed by atoms with Gasteiger partial charge in [0, 0.05) is 19.0 Å². The Morgan fingerprint density at radius 1 is 1.07 bits per heavy atom. The predicted octanol–water partition coefficient (Wildman–Crippen LogP) is 4.43. The van der Waals surface area contributed by atoms with Crippen LogP contribution in [0.4, 0.5) is 0 Å². The number of carbonyl (C=O) groups excluding carboxylic acids is 1. The summed E-state index contributed by atoms with van der Waals surface area (Å²) in [5.74, 6) is 0.495. The van der Waals surface area contributed by atoms with E-state index in [2.05, 4.69) is 55.3 Å². The minimum Gasteiger partial charge on any atom is -0.347 e. The maximum Gasteiger partial charge on any atom is 0.269 e. The summed E-state index contributed by atoms with van der Waals surface area (Å²) in [6.45, 7) is 10.3. The highest BCUT2D eigenvalue weighted by molar-refractivity contribution is 5.92. The van der Waals surface area contributed by atoms with Crippen molar-refractivity contribution in [2.24, 2.45) is 0 Å². The Bertz CT molecular complexity index is 837. The van der Waals surface area contributed by atoms with E-state index in [1.165, 1.54) is 50.8 Å². The van der Waals surface area contributed by atoms with E-state index in [9.17, 15) is 4.79 Å². The molecule has 1 saturated heterocycles. The van der Waals surface area contributed by atoms with Gasteiger partial charge in [-0.1, -0.05) is 30.7 Å². The Kier molecular flexibility index (Phi) is 5.77. The molecule has 0 unspecified atom stereocenters. The quantitative estimate of drug-likeness (QED) is 0.788. The van der Waals surface area contributed by atoms with Crippen LogP contribution in [0.3, 0.4) is 0 Å². The molecule has 0 bridgehead atoms. The lowest BCUT2D eigenvalue weighted by atomic mass is 10.1. The number of carbonyl (C=O) groups is 1. The molecule has 5 nitrogen and oxygen atoms in total. The van der Waals surface area contributed by atoms with Gasteiger partial charge in [-0.15, -0.1) is 0 Å². The van der Waals surface area contributed by atoms with Crippen LogP contribution in [0.5, 0.6) is 0 Å². The molecule has 2 aliphatic rings. The molecule has 29 heavy (non-hydrogen) atoms. The molecule has 1 N–H and O–H groups in total. The number of nitrogens with zero attached hydrogens (tertiary/aromatic N) is 3. The number of hydrogen-bond donors (Lipinski definition) is 1. The van der Waals surface area contributed by atoms with Gasteiger partial charge in [0.15, 0.2) is 0 Å². The van der Waals surface area contributed by atoms with Crippen LogP contribution in [0.15, 0.2) is 30.3 Å². The minimum atomic E-state index is -0.212. The molecule has 1 aromatic carbocycles. The van der Waals surface area contributed by atoms with E-state index in [4.69, 9.17) is 5.10 Å². The maximum absolute atomic E-state index is 12.9. The van der Waals surface area contributed by atoms with Crippen molar-refractivity contribution in [1.29, 1.82) is 0 Å². The van der Waals surface area contributed by atoms with Gasteiger partial charge in [-0.3, -0.25) is 14.4 Å². The molecule has 0 atom stereocenters. The first-order valence-electron chi connectivity index (χ1n) is 11.1. The van der Waals surface area contributed by atoms with Crippen LogP contribution in [-0.2, 0) is 18.6 Å². The van der Waals surface area contributed by atoms with Crippen molar-refractivity contribution in [3.8, 4) is 0 Å². The molecule has 2 heterocycles. The van der Waals surface area contributed by atoms with E-state index in [0.29, 0.717) is 18.2 Å². The van der Waals surface area contributed by atoms with Crippen molar-refractivity contribution in [2.45, 2.75) is 77.4 Å². The molecule has 0 radical (unpaired) electrons. The van der Waals surface area contributed by atoms with Gasteiger partial charge in [0.25, 0.3) is 5.91 Å². The zero-order valence-electron chi connectivity index (χ0n) is 18.1. The number of benzene rings is 1. The van der Waals surface area contributed by atoms with E-state index in [-0.39, 0.29) is 11.4 Å². The van der Waals surface area contributed by atoms with Crippen LogP contribution < -0.4 is 5.32 Å². The minimum absolute atomic E-state index is 0.0447. The number of hydrogen-bond acceptors (Lipinski definition) is 3. The van der Waals surface area contributed by atoms with Crippen molar-refractivity contribution in [1.82, 2.24) is 20.0 Å².